The van der Waals surface area contributed by atoms with Crippen molar-refractivity contribution in [1.82, 2.24) is 9.38 Å². The largest absolute Gasteiger partial charge is 0.481 e. The highest BCUT2D eigenvalue weighted by Gasteiger charge is 2.15. The molecule has 1 N–H and O–H groups in total. The van der Waals surface area contributed by atoms with Gasteiger partial charge in [0.05, 0.1) is 11.4 Å². The van der Waals surface area contributed by atoms with Gasteiger partial charge in [-0.1, -0.05) is 24.6 Å². The number of hydrogen-bond donors (Lipinski definition) is 1. The summed E-state index contributed by atoms with van der Waals surface area (Å²) in [6.07, 6.45) is 3.90. The smallest absolute Gasteiger partial charge is 0.306 e. The Balaban J connectivity index is 2.44. The maximum absolute atomic E-state index is 10.8. The summed E-state index contributed by atoms with van der Waals surface area (Å²) in [6, 6.07) is 3.73. The molecule has 2 rings (SSSR count). The Labute approximate surface area is 97.5 Å². The number of fused-ring (bicyclic) bond motifs is 1. The number of halogens is 1. The van der Waals surface area contributed by atoms with Crippen LogP contribution in [0.4, 0.5) is 0 Å². The Morgan fingerprint density at radius 1 is 1.69 bits per heavy atom. The minimum atomic E-state index is -0.808. The van der Waals surface area contributed by atoms with Crippen molar-refractivity contribution < 1.29 is 9.90 Å². The topological polar surface area (TPSA) is 54.6 Å². The highest BCUT2D eigenvalue weighted by atomic mass is 35.5. The molecule has 0 fully saturated rings. The van der Waals surface area contributed by atoms with Crippen molar-refractivity contribution >= 4 is 23.1 Å². The number of carboxylic acid groups (broad SMARTS) is 1. The van der Waals surface area contributed by atoms with Crippen LogP contribution in [0.15, 0.2) is 24.7 Å². The quantitative estimate of drug-likeness (QED) is 0.892. The summed E-state index contributed by atoms with van der Waals surface area (Å²) in [7, 11) is 0. The molecular formula is C11H11ClN2O2. The number of imidazole rings is 1. The Kier molecular flexibility index (Phi) is 2.83. The van der Waals surface area contributed by atoms with Gasteiger partial charge in [-0.15, -0.1) is 0 Å². The van der Waals surface area contributed by atoms with Crippen molar-refractivity contribution in [3.05, 3.63) is 35.4 Å². The molecule has 1 unspecified atom stereocenters. The van der Waals surface area contributed by atoms with E-state index in [1.54, 1.807) is 17.7 Å². The SMILES string of the molecule is CC(Cc1cccn2cnc(Cl)c12)C(=O)O. The number of carboxylic acids is 1. The summed E-state index contributed by atoms with van der Waals surface area (Å²) in [4.78, 5) is 14.8. The first kappa shape index (κ1) is 11.0. The Morgan fingerprint density at radius 3 is 3.12 bits per heavy atom. The monoisotopic (exact) mass is 238 g/mol. The number of aliphatic carboxylic acids is 1. The lowest BCUT2D eigenvalue weighted by Crippen LogP contribution is -2.12. The molecule has 84 valence electrons. The van der Waals surface area contributed by atoms with Crippen LogP contribution in [-0.4, -0.2) is 20.5 Å². The van der Waals surface area contributed by atoms with Gasteiger partial charge in [-0.05, 0) is 18.1 Å². The highest BCUT2D eigenvalue weighted by molar-refractivity contribution is 6.32. The molecule has 1 atom stereocenters. The summed E-state index contributed by atoms with van der Waals surface area (Å²) < 4.78 is 1.80. The predicted octanol–water partition coefficient (Wildman–Crippen LogP) is 2.25. The lowest BCUT2D eigenvalue weighted by molar-refractivity contribution is -0.141. The van der Waals surface area contributed by atoms with Gasteiger partial charge in [0.15, 0.2) is 5.15 Å². The van der Waals surface area contributed by atoms with Crippen molar-refractivity contribution in [2.45, 2.75) is 13.3 Å². The van der Waals surface area contributed by atoms with E-state index in [9.17, 15) is 4.79 Å². The maximum Gasteiger partial charge on any atom is 0.306 e. The zero-order valence-electron chi connectivity index (χ0n) is 8.72. The fourth-order valence-corrected chi connectivity index (χ4v) is 1.92. The minimum Gasteiger partial charge on any atom is -0.481 e. The van der Waals surface area contributed by atoms with Gasteiger partial charge in [-0.3, -0.25) is 4.79 Å². The predicted molar refractivity (Wildman–Crippen MR) is 60.7 cm³/mol. The van der Waals surface area contributed by atoms with Crippen LogP contribution in [0.1, 0.15) is 12.5 Å². The number of hydrogen-bond acceptors (Lipinski definition) is 2. The van der Waals surface area contributed by atoms with Crippen LogP contribution >= 0.6 is 11.6 Å². The van der Waals surface area contributed by atoms with E-state index in [4.69, 9.17) is 16.7 Å². The van der Waals surface area contributed by atoms with Crippen LogP contribution in [0, 0.1) is 5.92 Å². The summed E-state index contributed by atoms with van der Waals surface area (Å²) in [5.74, 6) is -1.24. The van der Waals surface area contributed by atoms with Crippen LogP contribution in [0.3, 0.4) is 0 Å². The molecule has 0 saturated carbocycles. The van der Waals surface area contributed by atoms with Gasteiger partial charge in [0.1, 0.15) is 6.33 Å². The van der Waals surface area contributed by atoms with E-state index < -0.39 is 11.9 Å². The average molecular weight is 239 g/mol. The van der Waals surface area contributed by atoms with Crippen LogP contribution in [0.5, 0.6) is 0 Å². The molecule has 0 aliphatic heterocycles. The first-order valence-electron chi connectivity index (χ1n) is 4.92. The third-order valence-electron chi connectivity index (χ3n) is 2.54. The molecule has 4 nitrogen and oxygen atoms in total. The summed E-state index contributed by atoms with van der Waals surface area (Å²) in [5.41, 5.74) is 1.69. The Bertz CT molecular complexity index is 536. The molecular weight excluding hydrogens is 228 g/mol. The number of aromatic nitrogens is 2. The van der Waals surface area contributed by atoms with E-state index in [1.807, 2.05) is 18.3 Å². The van der Waals surface area contributed by atoms with E-state index in [-0.39, 0.29) is 0 Å². The fraction of sp³-hybridized carbons (Fsp3) is 0.273. The van der Waals surface area contributed by atoms with Crippen LogP contribution in [0.2, 0.25) is 5.15 Å². The minimum absolute atomic E-state index is 0.410. The third kappa shape index (κ3) is 1.88. The van der Waals surface area contributed by atoms with Crippen molar-refractivity contribution in [1.29, 1.82) is 0 Å². The van der Waals surface area contributed by atoms with E-state index in [1.165, 1.54) is 0 Å². The zero-order chi connectivity index (χ0) is 11.7. The van der Waals surface area contributed by atoms with Gasteiger partial charge in [-0.2, -0.15) is 0 Å². The Morgan fingerprint density at radius 2 is 2.44 bits per heavy atom. The highest BCUT2D eigenvalue weighted by Crippen LogP contribution is 2.22. The molecule has 0 aliphatic rings. The lowest BCUT2D eigenvalue weighted by Gasteiger charge is -2.07. The molecule has 2 aromatic rings. The normalized spacial score (nSPS) is 12.9. The van der Waals surface area contributed by atoms with Crippen molar-refractivity contribution in [2.75, 3.05) is 0 Å². The molecule has 5 heteroatoms. The molecule has 16 heavy (non-hydrogen) atoms. The lowest BCUT2D eigenvalue weighted by atomic mass is 10.0. The van der Waals surface area contributed by atoms with Crippen LogP contribution < -0.4 is 0 Å². The van der Waals surface area contributed by atoms with Gasteiger partial charge in [0, 0.05) is 6.20 Å². The first-order valence-corrected chi connectivity index (χ1v) is 5.30. The molecule has 0 aromatic carbocycles. The second-order valence-electron chi connectivity index (χ2n) is 3.77. The summed E-state index contributed by atoms with van der Waals surface area (Å²) in [5, 5.41) is 9.29. The summed E-state index contributed by atoms with van der Waals surface area (Å²) in [6.45, 7) is 1.68. The van der Waals surface area contributed by atoms with Crippen molar-refractivity contribution in [3.8, 4) is 0 Å². The fourth-order valence-electron chi connectivity index (χ4n) is 1.66. The Hall–Kier alpha value is -1.55. The third-order valence-corrected chi connectivity index (χ3v) is 2.82. The van der Waals surface area contributed by atoms with Gasteiger partial charge in [0.2, 0.25) is 0 Å². The molecule has 0 spiro atoms. The second-order valence-corrected chi connectivity index (χ2v) is 4.13. The molecule has 0 aliphatic carbocycles. The first-order chi connectivity index (χ1) is 7.59. The number of rotatable bonds is 3. The zero-order valence-corrected chi connectivity index (χ0v) is 9.48. The van der Waals surface area contributed by atoms with Gasteiger partial charge >= 0.3 is 5.97 Å². The summed E-state index contributed by atoms with van der Waals surface area (Å²) >= 11 is 5.96. The molecule has 0 radical (unpaired) electrons. The molecule has 2 aromatic heterocycles. The van der Waals surface area contributed by atoms with Gasteiger partial charge < -0.3 is 9.51 Å². The average Bonchev–Trinajstić information content (AvgIpc) is 2.61. The molecule has 2 heterocycles. The van der Waals surface area contributed by atoms with Gasteiger partial charge in [-0.25, -0.2) is 4.98 Å². The molecule has 0 amide bonds. The number of nitrogens with zero attached hydrogens (tertiary/aromatic N) is 2. The van der Waals surface area contributed by atoms with E-state index in [0.717, 1.165) is 11.1 Å². The van der Waals surface area contributed by atoms with E-state index >= 15 is 0 Å². The van der Waals surface area contributed by atoms with Crippen molar-refractivity contribution in [2.24, 2.45) is 5.92 Å². The maximum atomic E-state index is 10.8. The van der Waals surface area contributed by atoms with Gasteiger partial charge in [0.25, 0.3) is 0 Å². The molecule has 0 bridgehead atoms. The molecule has 0 saturated heterocycles. The van der Waals surface area contributed by atoms with Crippen LogP contribution in [-0.2, 0) is 11.2 Å². The van der Waals surface area contributed by atoms with Crippen LogP contribution in [0.25, 0.3) is 5.52 Å². The second kappa shape index (κ2) is 4.14. The van der Waals surface area contributed by atoms with E-state index in [0.29, 0.717) is 11.6 Å². The van der Waals surface area contributed by atoms with Crippen molar-refractivity contribution in [3.63, 3.8) is 0 Å². The van der Waals surface area contributed by atoms with E-state index in [2.05, 4.69) is 4.98 Å². The number of carbonyl (C=O) groups is 1. The standard InChI is InChI=1S/C11H11ClN2O2/c1-7(11(15)16)5-8-3-2-4-14-6-13-10(12)9(8)14/h2-4,6-7H,5H2,1H3,(H,15,16). The number of pyridine rings is 1.